The second-order valence-corrected chi connectivity index (χ2v) is 10.1. The predicted molar refractivity (Wildman–Crippen MR) is 99.6 cm³/mol. The molecule has 0 bridgehead atoms. The van der Waals surface area contributed by atoms with Gasteiger partial charge in [-0.25, -0.2) is 8.51 Å². The summed E-state index contributed by atoms with van der Waals surface area (Å²) >= 11 is 0. The van der Waals surface area contributed by atoms with Crippen molar-refractivity contribution in [2.24, 2.45) is 5.92 Å². The summed E-state index contributed by atoms with van der Waals surface area (Å²) in [5, 5.41) is 0. The first-order chi connectivity index (χ1) is 11.5. The zero-order chi connectivity index (χ0) is 17.2. The number of hydrogen-bond acceptors (Lipinski definition) is 2. The van der Waals surface area contributed by atoms with Crippen molar-refractivity contribution in [3.05, 3.63) is 48.2 Å². The molecule has 0 amide bonds. The summed E-state index contributed by atoms with van der Waals surface area (Å²) in [6.45, 7) is 6.90. The summed E-state index contributed by atoms with van der Waals surface area (Å²) in [6.07, 6.45) is 8.59. The summed E-state index contributed by atoms with van der Waals surface area (Å²) in [6, 6.07) is 10.6. The summed E-state index contributed by atoms with van der Waals surface area (Å²) in [7, 11) is -1.06. The molecule has 4 heteroatoms. The molecular formula is C20H29NO2S. The van der Waals surface area contributed by atoms with Gasteiger partial charge in [-0.15, -0.1) is 0 Å². The van der Waals surface area contributed by atoms with Gasteiger partial charge in [-0.05, 0) is 64.0 Å². The van der Waals surface area contributed by atoms with Gasteiger partial charge in [0.25, 0.3) is 0 Å². The molecular weight excluding hydrogens is 318 g/mol. The molecule has 1 heterocycles. The maximum Gasteiger partial charge on any atom is 0.115 e. The van der Waals surface area contributed by atoms with E-state index in [2.05, 4.69) is 55.4 Å². The van der Waals surface area contributed by atoms with Gasteiger partial charge >= 0.3 is 0 Å². The monoisotopic (exact) mass is 347 g/mol. The molecule has 3 nitrogen and oxygen atoms in total. The van der Waals surface area contributed by atoms with E-state index in [1.54, 1.807) is 0 Å². The van der Waals surface area contributed by atoms with Crippen LogP contribution in [0.5, 0.6) is 0 Å². The van der Waals surface area contributed by atoms with E-state index in [0.717, 1.165) is 19.4 Å². The maximum atomic E-state index is 13.3. The third-order valence-electron chi connectivity index (χ3n) is 4.70. The molecule has 0 spiro atoms. The molecule has 24 heavy (non-hydrogen) atoms. The van der Waals surface area contributed by atoms with Gasteiger partial charge in [0.2, 0.25) is 0 Å². The largest absolute Gasteiger partial charge is 0.497 e. The quantitative estimate of drug-likeness (QED) is 0.762. The molecule has 1 unspecified atom stereocenters. The van der Waals surface area contributed by atoms with Crippen LogP contribution in [-0.2, 0) is 22.3 Å². The van der Waals surface area contributed by atoms with Crippen LogP contribution in [0.2, 0.25) is 0 Å². The number of benzene rings is 1. The Bertz CT molecular complexity index is 589. The summed E-state index contributed by atoms with van der Waals surface area (Å²) < 4.78 is 21.3. The van der Waals surface area contributed by atoms with Crippen molar-refractivity contribution in [2.75, 3.05) is 0 Å². The summed E-state index contributed by atoms with van der Waals surface area (Å²) in [5.41, 5.74) is 1.21. The Morgan fingerprint density at radius 2 is 1.92 bits per heavy atom. The topological polar surface area (TPSA) is 29.5 Å². The average Bonchev–Trinajstić information content (AvgIpc) is 3.39. The Balaban J connectivity index is 1.88. The molecule has 1 aromatic rings. The number of rotatable bonds is 6. The van der Waals surface area contributed by atoms with Crippen LogP contribution in [0.4, 0.5) is 0 Å². The summed E-state index contributed by atoms with van der Waals surface area (Å²) in [5.74, 6) is 0.608. The van der Waals surface area contributed by atoms with Crippen LogP contribution in [0.15, 0.2) is 42.7 Å². The van der Waals surface area contributed by atoms with Crippen LogP contribution in [0.1, 0.15) is 52.0 Å². The van der Waals surface area contributed by atoms with Crippen LogP contribution in [-0.4, -0.2) is 25.4 Å². The lowest BCUT2D eigenvalue weighted by atomic mass is 9.99. The lowest BCUT2D eigenvalue weighted by Gasteiger charge is -2.39. The Hall–Kier alpha value is -1.13. The highest BCUT2D eigenvalue weighted by Crippen LogP contribution is 2.41. The predicted octanol–water partition coefficient (Wildman–Crippen LogP) is 4.42. The summed E-state index contributed by atoms with van der Waals surface area (Å²) in [4.78, 5) is 0. The molecule has 0 N–H and O–H groups in total. The van der Waals surface area contributed by atoms with Crippen molar-refractivity contribution in [3.8, 4) is 0 Å². The minimum atomic E-state index is -1.06. The number of ether oxygens (including phenoxy) is 1. The first-order valence-corrected chi connectivity index (χ1v) is 10.1. The van der Waals surface area contributed by atoms with Crippen molar-refractivity contribution in [1.82, 2.24) is 4.31 Å². The highest BCUT2D eigenvalue weighted by molar-refractivity contribution is 7.84. The molecule has 1 fully saturated rings. The fourth-order valence-corrected chi connectivity index (χ4v) is 4.85. The fourth-order valence-electron chi connectivity index (χ4n) is 3.36. The second-order valence-electron chi connectivity index (χ2n) is 7.87. The smallest absolute Gasteiger partial charge is 0.115 e. The van der Waals surface area contributed by atoms with E-state index in [0.29, 0.717) is 5.92 Å². The molecule has 0 aromatic heterocycles. The van der Waals surface area contributed by atoms with Crippen LogP contribution in [0, 0.1) is 5.92 Å². The van der Waals surface area contributed by atoms with Crippen LogP contribution in [0.25, 0.3) is 0 Å². The fraction of sp³-hybridized carbons (Fsp3) is 0.600. The van der Waals surface area contributed by atoms with Gasteiger partial charge < -0.3 is 4.74 Å². The standard InChI is InChI=1S/C20H29NO2S/c1-20(2,3)24(22)21(15-16-9-5-4-6-10-16)19(17-12-13-17)18-11-7-8-14-23-18/h4-6,8-10,14,17-19H,7,11-13,15H2,1-3H3/t18?,19-,24-/m0/s1. The Labute approximate surface area is 148 Å². The minimum absolute atomic E-state index is 0.150. The normalized spacial score (nSPS) is 23.8. The van der Waals surface area contributed by atoms with Gasteiger partial charge in [-0.2, -0.15) is 0 Å². The molecule has 3 rings (SSSR count). The first kappa shape index (κ1) is 17.7. The SMILES string of the molecule is CC(C)(C)[S@](=O)N(Cc1ccccc1)[C@@H](C1CC1)C1CCC=CO1. The van der Waals surface area contributed by atoms with Gasteiger partial charge in [0, 0.05) is 6.54 Å². The van der Waals surface area contributed by atoms with Crippen LogP contribution >= 0.6 is 0 Å². The zero-order valence-electron chi connectivity index (χ0n) is 15.0. The Morgan fingerprint density at radius 3 is 2.46 bits per heavy atom. The van der Waals surface area contributed by atoms with E-state index in [9.17, 15) is 4.21 Å². The van der Waals surface area contributed by atoms with Crippen molar-refractivity contribution in [2.45, 2.75) is 69.9 Å². The molecule has 0 radical (unpaired) electrons. The number of allylic oxidation sites excluding steroid dienone is 1. The van der Waals surface area contributed by atoms with E-state index in [1.807, 2.05) is 12.3 Å². The highest BCUT2D eigenvalue weighted by atomic mass is 32.2. The molecule has 132 valence electrons. The van der Waals surface area contributed by atoms with Gasteiger partial charge in [-0.1, -0.05) is 30.3 Å². The van der Waals surface area contributed by atoms with Crippen molar-refractivity contribution in [3.63, 3.8) is 0 Å². The number of hydrogen-bond donors (Lipinski definition) is 0. The van der Waals surface area contributed by atoms with E-state index in [1.165, 1.54) is 18.4 Å². The van der Waals surface area contributed by atoms with Gasteiger partial charge in [0.05, 0.1) is 17.1 Å². The lowest BCUT2D eigenvalue weighted by Crippen LogP contribution is -2.50. The molecule has 1 aliphatic heterocycles. The van der Waals surface area contributed by atoms with Gasteiger partial charge in [0.1, 0.15) is 17.1 Å². The van der Waals surface area contributed by atoms with Gasteiger partial charge in [0.15, 0.2) is 0 Å². The third-order valence-corrected chi connectivity index (χ3v) is 6.55. The van der Waals surface area contributed by atoms with E-state index in [4.69, 9.17) is 4.74 Å². The Morgan fingerprint density at radius 1 is 1.21 bits per heavy atom. The van der Waals surface area contributed by atoms with Crippen molar-refractivity contribution < 1.29 is 8.95 Å². The first-order valence-electron chi connectivity index (χ1n) is 9.00. The second kappa shape index (κ2) is 7.40. The average molecular weight is 348 g/mol. The van der Waals surface area contributed by atoms with Gasteiger partial charge in [-0.3, -0.25) is 0 Å². The molecule has 0 saturated heterocycles. The van der Waals surface area contributed by atoms with E-state index < -0.39 is 11.0 Å². The van der Waals surface area contributed by atoms with E-state index in [-0.39, 0.29) is 16.9 Å². The van der Waals surface area contributed by atoms with Crippen molar-refractivity contribution >= 4 is 11.0 Å². The minimum Gasteiger partial charge on any atom is -0.497 e. The molecule has 2 aliphatic rings. The zero-order valence-corrected chi connectivity index (χ0v) is 15.8. The maximum absolute atomic E-state index is 13.3. The van der Waals surface area contributed by atoms with Crippen molar-refractivity contribution in [1.29, 1.82) is 0 Å². The molecule has 1 saturated carbocycles. The molecule has 1 aromatic carbocycles. The van der Waals surface area contributed by atoms with Crippen LogP contribution in [0.3, 0.4) is 0 Å². The van der Waals surface area contributed by atoms with Crippen LogP contribution < -0.4 is 0 Å². The van der Waals surface area contributed by atoms with E-state index >= 15 is 0 Å². The number of nitrogens with zero attached hydrogens (tertiary/aromatic N) is 1. The lowest BCUT2D eigenvalue weighted by molar-refractivity contribution is 0.0458. The Kier molecular flexibility index (Phi) is 5.46. The molecule has 3 atom stereocenters. The third kappa shape index (κ3) is 4.28. The molecule has 1 aliphatic carbocycles. The highest BCUT2D eigenvalue weighted by Gasteiger charge is 2.45.